The minimum Gasteiger partial charge on any atom is -0.343 e. The molecule has 0 aromatic rings. The molecule has 0 unspecified atom stereocenters. The Morgan fingerprint density at radius 2 is 2.22 bits per heavy atom. The first-order chi connectivity index (χ1) is 8.71. The number of halogens is 2. The molecule has 1 aliphatic rings. The molecule has 0 radical (unpaired) electrons. The first kappa shape index (κ1) is 15.0. The van der Waals surface area contributed by atoms with Gasteiger partial charge in [-0.1, -0.05) is 13.0 Å². The van der Waals surface area contributed by atoms with E-state index in [1.807, 2.05) is 13.0 Å². The number of allylic oxidation sites excluding steroid dienone is 5. The highest BCUT2D eigenvalue weighted by molar-refractivity contribution is 6.19. The number of nitrogens with zero attached hydrogens (tertiary/aromatic N) is 1. The first-order valence-electron chi connectivity index (χ1n) is 6.31. The highest BCUT2D eigenvalue weighted by Gasteiger charge is 2.14. The first-order valence-corrected chi connectivity index (χ1v) is 6.84. The van der Waals surface area contributed by atoms with Crippen LogP contribution < -0.4 is 5.32 Å². The zero-order valence-corrected chi connectivity index (χ0v) is 11.7. The third kappa shape index (κ3) is 4.65. The quantitative estimate of drug-likeness (QED) is 0.560. The molecular formula is C14H20ClFN2. The fourth-order valence-electron chi connectivity index (χ4n) is 1.56. The number of rotatable bonds is 6. The molecule has 1 aliphatic carbocycles. The van der Waals surface area contributed by atoms with Gasteiger partial charge in [0.1, 0.15) is 11.6 Å². The van der Waals surface area contributed by atoms with E-state index in [4.69, 9.17) is 11.6 Å². The maximum Gasteiger partial charge on any atom is 0.137 e. The van der Waals surface area contributed by atoms with Crippen LogP contribution >= 0.6 is 11.6 Å². The Kier molecular flexibility index (Phi) is 6.73. The lowest BCUT2D eigenvalue weighted by molar-refractivity contribution is 0.638. The van der Waals surface area contributed by atoms with E-state index in [-0.39, 0.29) is 5.83 Å². The van der Waals surface area contributed by atoms with Gasteiger partial charge in [-0.15, -0.1) is 11.6 Å². The summed E-state index contributed by atoms with van der Waals surface area (Å²) in [6.07, 6.45) is 8.77. The maximum absolute atomic E-state index is 13.0. The third-order valence-corrected chi connectivity index (χ3v) is 3.06. The van der Waals surface area contributed by atoms with E-state index in [0.717, 1.165) is 25.0 Å². The topological polar surface area (TPSA) is 24.4 Å². The Morgan fingerprint density at radius 1 is 1.50 bits per heavy atom. The minimum absolute atomic E-state index is 0.345. The fraction of sp³-hybridized carbons (Fsp3) is 0.500. The number of hydrogen-bond donors (Lipinski definition) is 1. The summed E-state index contributed by atoms with van der Waals surface area (Å²) in [4.78, 5) is 4.10. The molecule has 1 fully saturated rings. The minimum atomic E-state index is -0.345. The number of alkyl halides is 1. The Labute approximate surface area is 113 Å². The second-order valence-corrected chi connectivity index (χ2v) is 4.39. The van der Waals surface area contributed by atoms with Crippen molar-refractivity contribution in [3.05, 3.63) is 35.1 Å². The summed E-state index contributed by atoms with van der Waals surface area (Å²) in [6.45, 7) is 3.65. The standard InChI is InChI=1S/C14H20ClFN2/c1-3-6-14(17-10-12(16)4-2)18-13(9-15)11-7-5-8-11/h4,6,10,18H,3,5,7-9H2,1-2H3/b12-4+,14-6-,17-10-. The molecular weight excluding hydrogens is 251 g/mol. The second kappa shape index (κ2) is 8.09. The monoisotopic (exact) mass is 270 g/mol. The molecule has 2 nitrogen and oxygen atoms in total. The van der Waals surface area contributed by atoms with Crippen LogP contribution in [0.25, 0.3) is 0 Å². The third-order valence-electron chi connectivity index (χ3n) is 2.80. The van der Waals surface area contributed by atoms with E-state index in [0.29, 0.717) is 11.7 Å². The summed E-state index contributed by atoms with van der Waals surface area (Å²) in [5, 5.41) is 3.20. The predicted octanol–water partition coefficient (Wildman–Crippen LogP) is 4.45. The second-order valence-electron chi connectivity index (χ2n) is 4.12. The van der Waals surface area contributed by atoms with Crippen LogP contribution in [-0.2, 0) is 0 Å². The molecule has 18 heavy (non-hydrogen) atoms. The lowest BCUT2D eigenvalue weighted by Gasteiger charge is -2.22. The normalized spacial score (nSPS) is 17.0. The molecule has 0 heterocycles. The molecule has 100 valence electrons. The fourth-order valence-corrected chi connectivity index (χ4v) is 1.82. The summed E-state index contributed by atoms with van der Waals surface area (Å²) in [5.74, 6) is 0.755. The molecule has 1 saturated carbocycles. The van der Waals surface area contributed by atoms with Crippen molar-refractivity contribution < 1.29 is 4.39 Å². The molecule has 1 N–H and O–H groups in total. The van der Waals surface area contributed by atoms with Gasteiger partial charge in [0, 0.05) is 5.70 Å². The molecule has 0 aromatic carbocycles. The van der Waals surface area contributed by atoms with E-state index >= 15 is 0 Å². The summed E-state index contributed by atoms with van der Waals surface area (Å²) in [6, 6.07) is 0. The maximum atomic E-state index is 13.0. The van der Waals surface area contributed by atoms with Gasteiger partial charge < -0.3 is 5.32 Å². The highest BCUT2D eigenvalue weighted by atomic mass is 35.5. The Balaban J connectivity index is 2.74. The van der Waals surface area contributed by atoms with Gasteiger partial charge in [0.15, 0.2) is 0 Å². The average Bonchev–Trinajstić information content (AvgIpc) is 2.32. The van der Waals surface area contributed by atoms with Gasteiger partial charge in [-0.25, -0.2) is 9.38 Å². The van der Waals surface area contributed by atoms with Gasteiger partial charge in [-0.2, -0.15) is 0 Å². The Bertz CT molecular complexity index is 389. The van der Waals surface area contributed by atoms with Crippen molar-refractivity contribution >= 4 is 17.8 Å². The van der Waals surface area contributed by atoms with Gasteiger partial charge in [0.25, 0.3) is 0 Å². The van der Waals surface area contributed by atoms with Gasteiger partial charge in [-0.3, -0.25) is 0 Å². The zero-order valence-electron chi connectivity index (χ0n) is 11.0. The predicted molar refractivity (Wildman–Crippen MR) is 76.5 cm³/mol. The van der Waals surface area contributed by atoms with Crippen LogP contribution in [0, 0.1) is 0 Å². The lowest BCUT2D eigenvalue weighted by Crippen LogP contribution is -2.18. The van der Waals surface area contributed by atoms with Crippen molar-refractivity contribution in [2.75, 3.05) is 5.88 Å². The van der Waals surface area contributed by atoms with Crippen molar-refractivity contribution in [1.82, 2.24) is 5.32 Å². The van der Waals surface area contributed by atoms with Crippen molar-refractivity contribution in [3.8, 4) is 0 Å². The number of aliphatic imine (C=N–C) groups is 1. The van der Waals surface area contributed by atoms with Crippen molar-refractivity contribution in [1.29, 1.82) is 0 Å². The number of nitrogens with one attached hydrogen (secondary N) is 1. The molecule has 1 rings (SSSR count). The zero-order chi connectivity index (χ0) is 13.4. The van der Waals surface area contributed by atoms with Crippen LogP contribution in [0.5, 0.6) is 0 Å². The molecule has 0 spiro atoms. The van der Waals surface area contributed by atoms with Crippen LogP contribution in [0.4, 0.5) is 4.39 Å². The van der Waals surface area contributed by atoms with Crippen LogP contribution in [0.15, 0.2) is 40.1 Å². The average molecular weight is 271 g/mol. The Hall–Kier alpha value is -1.09. The SMILES string of the molecule is C\C=C(F)/C=N\C(=C\CC)NC(CCl)=C1CCC1. The van der Waals surface area contributed by atoms with E-state index in [2.05, 4.69) is 10.3 Å². The van der Waals surface area contributed by atoms with E-state index in [1.54, 1.807) is 6.92 Å². The van der Waals surface area contributed by atoms with Gasteiger partial charge >= 0.3 is 0 Å². The number of hydrogen-bond acceptors (Lipinski definition) is 2. The summed E-state index contributed by atoms with van der Waals surface area (Å²) < 4.78 is 13.0. The molecule has 0 bridgehead atoms. The highest BCUT2D eigenvalue weighted by Crippen LogP contribution is 2.28. The lowest BCUT2D eigenvalue weighted by atomic mass is 9.91. The van der Waals surface area contributed by atoms with Crippen LogP contribution in [0.3, 0.4) is 0 Å². The van der Waals surface area contributed by atoms with Crippen molar-refractivity contribution in [3.63, 3.8) is 0 Å². The van der Waals surface area contributed by atoms with E-state index in [9.17, 15) is 4.39 Å². The van der Waals surface area contributed by atoms with Crippen molar-refractivity contribution in [2.45, 2.75) is 39.5 Å². The molecule has 0 amide bonds. The van der Waals surface area contributed by atoms with E-state index < -0.39 is 0 Å². The molecule has 0 saturated heterocycles. The molecule has 4 heteroatoms. The summed E-state index contributed by atoms with van der Waals surface area (Å²) in [7, 11) is 0. The smallest absolute Gasteiger partial charge is 0.137 e. The largest absolute Gasteiger partial charge is 0.343 e. The van der Waals surface area contributed by atoms with Gasteiger partial charge in [0.2, 0.25) is 0 Å². The summed E-state index contributed by atoms with van der Waals surface area (Å²) in [5.41, 5.74) is 2.37. The van der Waals surface area contributed by atoms with Gasteiger partial charge in [-0.05, 0) is 44.3 Å². The molecule has 0 aromatic heterocycles. The van der Waals surface area contributed by atoms with E-state index in [1.165, 1.54) is 24.3 Å². The summed E-state index contributed by atoms with van der Waals surface area (Å²) >= 11 is 5.92. The molecule has 0 atom stereocenters. The van der Waals surface area contributed by atoms with Crippen LogP contribution in [0.2, 0.25) is 0 Å². The van der Waals surface area contributed by atoms with Crippen LogP contribution in [0.1, 0.15) is 39.5 Å². The Morgan fingerprint density at radius 3 is 2.67 bits per heavy atom. The van der Waals surface area contributed by atoms with Gasteiger partial charge in [0.05, 0.1) is 12.1 Å². The molecule has 0 aliphatic heterocycles. The van der Waals surface area contributed by atoms with Crippen LogP contribution in [-0.4, -0.2) is 12.1 Å². The van der Waals surface area contributed by atoms with Crippen molar-refractivity contribution in [2.24, 2.45) is 4.99 Å².